The second kappa shape index (κ2) is 8.09. The molecule has 6 nitrogen and oxygen atoms in total. The van der Waals surface area contributed by atoms with E-state index in [9.17, 15) is 20.1 Å². The Morgan fingerprint density at radius 3 is 2.52 bits per heavy atom. The van der Waals surface area contributed by atoms with Crippen LogP contribution < -0.4 is 5.43 Å². The van der Waals surface area contributed by atoms with Crippen molar-refractivity contribution in [1.29, 1.82) is 0 Å². The molecule has 1 amide bonds. The van der Waals surface area contributed by atoms with Gasteiger partial charge in [-0.05, 0) is 44.8 Å². The zero-order valence-electron chi connectivity index (χ0n) is 14.2. The molecular formula is C20H17BrN2O4. The number of hydrazone groups is 1. The van der Waals surface area contributed by atoms with Crippen LogP contribution in [0.15, 0.2) is 58.1 Å². The molecule has 0 bridgehead atoms. The Balaban J connectivity index is 1.59. The van der Waals surface area contributed by atoms with E-state index in [1.165, 1.54) is 12.3 Å². The summed E-state index contributed by atoms with van der Waals surface area (Å²) < 4.78 is 0.196. The molecule has 0 unspecified atom stereocenters. The van der Waals surface area contributed by atoms with Gasteiger partial charge in [-0.15, -0.1) is 0 Å². The van der Waals surface area contributed by atoms with E-state index in [1.54, 1.807) is 0 Å². The number of nitrogens with one attached hydrogen (secondary N) is 1. The van der Waals surface area contributed by atoms with E-state index < -0.39 is 17.2 Å². The molecule has 7 heteroatoms. The van der Waals surface area contributed by atoms with E-state index in [2.05, 4.69) is 32.5 Å². The third-order valence-electron chi connectivity index (χ3n) is 4.08. The topological polar surface area (TPSA) is 102 Å². The van der Waals surface area contributed by atoms with E-state index >= 15 is 0 Å². The van der Waals surface area contributed by atoms with E-state index in [-0.39, 0.29) is 22.4 Å². The second-order valence-corrected chi connectivity index (χ2v) is 6.82. The molecule has 4 N–H and O–H groups in total. The van der Waals surface area contributed by atoms with Crippen molar-refractivity contribution in [1.82, 2.24) is 5.43 Å². The molecule has 0 saturated carbocycles. The Hall–Kier alpha value is -3.06. The lowest BCUT2D eigenvalue weighted by molar-refractivity contribution is -0.121. The van der Waals surface area contributed by atoms with Gasteiger partial charge in [-0.25, -0.2) is 5.43 Å². The van der Waals surface area contributed by atoms with Crippen molar-refractivity contribution in [2.75, 3.05) is 0 Å². The molecule has 3 aromatic carbocycles. The van der Waals surface area contributed by atoms with Crippen molar-refractivity contribution < 1.29 is 20.1 Å². The molecule has 0 aliphatic heterocycles. The third kappa shape index (κ3) is 4.38. The van der Waals surface area contributed by atoms with Crippen LogP contribution >= 0.6 is 15.9 Å². The maximum Gasteiger partial charge on any atom is 0.240 e. The summed E-state index contributed by atoms with van der Waals surface area (Å²) in [6, 6.07) is 15.5. The first-order valence-corrected chi connectivity index (χ1v) is 8.98. The standard InChI is InChI=1S/C20H17BrN2O4/c21-16-10-15(18(25)20(27)19(16)26)11-22-23-17(24)8-6-12-5-7-13-3-1-2-4-14(13)9-12/h1-5,7,9-11,25-27H,6,8H2,(H,23,24)/b22-11+. The van der Waals surface area contributed by atoms with E-state index in [0.717, 1.165) is 16.3 Å². The number of carbonyl (C=O) groups is 1. The van der Waals surface area contributed by atoms with Crippen molar-refractivity contribution in [3.05, 3.63) is 64.1 Å². The highest BCUT2D eigenvalue weighted by Gasteiger charge is 2.14. The maximum atomic E-state index is 12.0. The van der Waals surface area contributed by atoms with Crippen LogP contribution in [0.25, 0.3) is 10.8 Å². The fraction of sp³-hybridized carbons (Fsp3) is 0.100. The first-order valence-electron chi connectivity index (χ1n) is 8.18. The molecule has 0 aromatic heterocycles. The van der Waals surface area contributed by atoms with Crippen molar-refractivity contribution in [3.63, 3.8) is 0 Å². The fourth-order valence-corrected chi connectivity index (χ4v) is 3.05. The number of aryl methyl sites for hydroxylation is 1. The lowest BCUT2D eigenvalue weighted by Gasteiger charge is -2.06. The van der Waals surface area contributed by atoms with E-state index in [0.29, 0.717) is 6.42 Å². The summed E-state index contributed by atoms with van der Waals surface area (Å²) in [5, 5.41) is 34.9. The van der Waals surface area contributed by atoms with Crippen LogP contribution in [0, 0.1) is 0 Å². The minimum Gasteiger partial charge on any atom is -0.504 e. The number of phenols is 3. The SMILES string of the molecule is O=C(CCc1ccc2ccccc2c1)N/N=C/c1cc(Br)c(O)c(O)c1O. The summed E-state index contributed by atoms with van der Waals surface area (Å²) in [5.41, 5.74) is 3.58. The van der Waals surface area contributed by atoms with Crippen LogP contribution in [-0.2, 0) is 11.2 Å². The molecule has 0 saturated heterocycles. The molecule has 0 atom stereocenters. The Morgan fingerprint density at radius 1 is 1.00 bits per heavy atom. The van der Waals surface area contributed by atoms with E-state index in [1.807, 2.05) is 36.4 Å². The first kappa shape index (κ1) is 18.7. The average molecular weight is 429 g/mol. The van der Waals surface area contributed by atoms with Crippen LogP contribution in [0.5, 0.6) is 17.2 Å². The zero-order chi connectivity index (χ0) is 19.4. The van der Waals surface area contributed by atoms with Crippen LogP contribution in [0.3, 0.4) is 0 Å². The third-order valence-corrected chi connectivity index (χ3v) is 4.68. The van der Waals surface area contributed by atoms with Crippen LogP contribution in [0.4, 0.5) is 0 Å². The minimum absolute atomic E-state index is 0.145. The molecule has 138 valence electrons. The Kier molecular flexibility index (Phi) is 5.61. The summed E-state index contributed by atoms with van der Waals surface area (Å²) in [7, 11) is 0. The lowest BCUT2D eigenvalue weighted by atomic mass is 10.0. The first-order chi connectivity index (χ1) is 13.0. The summed E-state index contributed by atoms with van der Waals surface area (Å²) in [6.07, 6.45) is 2.02. The Bertz CT molecular complexity index is 1030. The highest BCUT2D eigenvalue weighted by Crippen LogP contribution is 2.42. The highest BCUT2D eigenvalue weighted by atomic mass is 79.9. The quantitative estimate of drug-likeness (QED) is 0.282. The lowest BCUT2D eigenvalue weighted by Crippen LogP contribution is -2.17. The second-order valence-electron chi connectivity index (χ2n) is 5.97. The van der Waals surface area contributed by atoms with Gasteiger partial charge in [0, 0.05) is 12.0 Å². The summed E-state index contributed by atoms with van der Waals surface area (Å²) in [4.78, 5) is 12.0. The van der Waals surface area contributed by atoms with Gasteiger partial charge < -0.3 is 15.3 Å². The van der Waals surface area contributed by atoms with Gasteiger partial charge in [-0.2, -0.15) is 5.10 Å². The highest BCUT2D eigenvalue weighted by molar-refractivity contribution is 9.10. The van der Waals surface area contributed by atoms with Gasteiger partial charge in [0.1, 0.15) is 0 Å². The average Bonchev–Trinajstić information content (AvgIpc) is 2.68. The van der Waals surface area contributed by atoms with Crippen LogP contribution in [-0.4, -0.2) is 27.4 Å². The normalized spacial score (nSPS) is 11.1. The Morgan fingerprint density at radius 2 is 1.74 bits per heavy atom. The number of fused-ring (bicyclic) bond motifs is 1. The summed E-state index contributed by atoms with van der Waals surface area (Å²) in [5.74, 6) is -1.93. The number of nitrogens with zero attached hydrogens (tertiary/aromatic N) is 1. The van der Waals surface area contributed by atoms with Crippen molar-refractivity contribution in [2.45, 2.75) is 12.8 Å². The van der Waals surface area contributed by atoms with Gasteiger partial charge in [0.15, 0.2) is 11.5 Å². The van der Waals surface area contributed by atoms with Crippen LogP contribution in [0.2, 0.25) is 0 Å². The van der Waals surface area contributed by atoms with Gasteiger partial charge in [-0.3, -0.25) is 4.79 Å². The number of rotatable bonds is 5. The van der Waals surface area contributed by atoms with Crippen LogP contribution in [0.1, 0.15) is 17.5 Å². The number of aromatic hydroxyl groups is 3. The van der Waals surface area contributed by atoms with Gasteiger partial charge in [-0.1, -0.05) is 42.5 Å². The summed E-state index contributed by atoms with van der Waals surface area (Å²) in [6.45, 7) is 0. The minimum atomic E-state index is -0.659. The largest absolute Gasteiger partial charge is 0.504 e. The maximum absolute atomic E-state index is 12.0. The number of benzene rings is 3. The molecule has 27 heavy (non-hydrogen) atoms. The zero-order valence-corrected chi connectivity index (χ0v) is 15.8. The van der Waals surface area contributed by atoms with Crippen molar-refractivity contribution >= 4 is 38.8 Å². The fourth-order valence-electron chi connectivity index (χ4n) is 2.62. The predicted octanol–water partition coefficient (Wildman–Crippen LogP) is 3.80. The molecule has 0 radical (unpaired) electrons. The molecule has 0 aliphatic carbocycles. The van der Waals surface area contributed by atoms with Gasteiger partial charge in [0.2, 0.25) is 11.7 Å². The monoisotopic (exact) mass is 428 g/mol. The molecule has 3 aromatic rings. The van der Waals surface area contributed by atoms with Gasteiger partial charge in [0.05, 0.1) is 10.7 Å². The number of phenolic OH excluding ortho intramolecular Hbond substituents is 3. The molecule has 0 spiro atoms. The molecule has 0 aliphatic rings. The number of hydrogen-bond donors (Lipinski definition) is 4. The molecule has 0 fully saturated rings. The number of amides is 1. The smallest absolute Gasteiger partial charge is 0.240 e. The number of hydrogen-bond acceptors (Lipinski definition) is 5. The van der Waals surface area contributed by atoms with Crippen molar-refractivity contribution in [3.8, 4) is 17.2 Å². The van der Waals surface area contributed by atoms with Gasteiger partial charge >= 0.3 is 0 Å². The molecular weight excluding hydrogens is 412 g/mol. The van der Waals surface area contributed by atoms with E-state index in [4.69, 9.17) is 0 Å². The number of carbonyl (C=O) groups excluding carboxylic acids is 1. The summed E-state index contributed by atoms with van der Waals surface area (Å²) >= 11 is 3.05. The number of halogens is 1. The van der Waals surface area contributed by atoms with Gasteiger partial charge in [0.25, 0.3) is 0 Å². The molecule has 3 rings (SSSR count). The predicted molar refractivity (Wildman–Crippen MR) is 107 cm³/mol. The van der Waals surface area contributed by atoms with Crippen molar-refractivity contribution in [2.24, 2.45) is 5.10 Å². The Labute approximate surface area is 163 Å². The molecule has 0 heterocycles.